The molecule has 0 aliphatic rings. The molecule has 0 unspecified atom stereocenters. The van der Waals surface area contributed by atoms with Gasteiger partial charge in [0.05, 0.1) is 29.4 Å². The molecule has 0 saturated heterocycles. The van der Waals surface area contributed by atoms with E-state index < -0.39 is 5.60 Å². The van der Waals surface area contributed by atoms with Crippen LogP contribution in [0, 0.1) is 0 Å². The van der Waals surface area contributed by atoms with Crippen molar-refractivity contribution in [2.75, 3.05) is 7.11 Å². The van der Waals surface area contributed by atoms with Gasteiger partial charge < -0.3 is 17.4 Å². The third-order valence-electron chi connectivity index (χ3n) is 3.00. The van der Waals surface area contributed by atoms with Crippen molar-refractivity contribution >= 4 is 35.1 Å². The van der Waals surface area contributed by atoms with Gasteiger partial charge in [0, 0.05) is 12.1 Å². The topological polar surface area (TPSA) is 44.1 Å². The van der Waals surface area contributed by atoms with Crippen molar-refractivity contribution in [3.8, 4) is 0 Å². The monoisotopic (exact) mass is 320 g/mol. The molecule has 0 aliphatic carbocycles. The fourth-order valence-electron chi connectivity index (χ4n) is 1.77. The molecule has 4 nitrogen and oxygen atoms in total. The molecule has 0 radical (unpaired) electrons. The summed E-state index contributed by atoms with van der Waals surface area (Å²) in [6.07, 6.45) is 1.50. The van der Waals surface area contributed by atoms with Gasteiger partial charge in [0.15, 0.2) is 0 Å². The Balaban J connectivity index is 0.00000200. The zero-order valence-electron chi connectivity index (χ0n) is 11.9. The molecule has 0 atom stereocenters. The second-order valence-electron chi connectivity index (χ2n) is 4.91. The molecule has 2 aromatic rings. The fraction of sp³-hybridized carbons (Fsp3) is 0.385. The summed E-state index contributed by atoms with van der Waals surface area (Å²) in [5, 5.41) is 0.651. The Hall–Kier alpha value is -0.170. The minimum absolute atomic E-state index is 0. The summed E-state index contributed by atoms with van der Waals surface area (Å²) in [4.78, 5) is 17.1. The minimum Gasteiger partial charge on any atom is -0.778 e. The number of hydrogen-bond acceptors (Lipinski definition) is 4. The molecule has 0 fully saturated rings. The number of rotatable bonds is 3. The predicted molar refractivity (Wildman–Crippen MR) is 77.7 cm³/mol. The predicted octanol–water partition coefficient (Wildman–Crippen LogP) is -0.615. The Morgan fingerprint density at radius 1 is 1.45 bits per heavy atom. The van der Waals surface area contributed by atoms with Crippen LogP contribution in [0.4, 0.5) is 0 Å². The van der Waals surface area contributed by atoms with Gasteiger partial charge in [0.1, 0.15) is 0 Å². The fourth-order valence-corrected chi connectivity index (χ4v) is 2.18. The quantitative estimate of drug-likeness (QED) is 0.559. The number of nitrogens with zero attached hydrogens (tertiary/aromatic N) is 2. The number of methoxy groups -OCH3 is 1. The van der Waals surface area contributed by atoms with Crippen molar-refractivity contribution in [3.05, 3.63) is 33.8 Å². The van der Waals surface area contributed by atoms with Crippen LogP contribution < -0.4 is 35.1 Å². The molecule has 0 N–H and O–H groups in total. The van der Waals surface area contributed by atoms with Crippen molar-refractivity contribution in [3.63, 3.8) is 0 Å². The van der Waals surface area contributed by atoms with Gasteiger partial charge in [-0.1, -0.05) is 17.7 Å². The molecular weight excluding hydrogens is 307 g/mol. The molecular formula is C13H14ClN2NaO2S. The first-order chi connectivity index (χ1) is 8.85. The van der Waals surface area contributed by atoms with Crippen LogP contribution in [0.25, 0.3) is 10.9 Å². The van der Waals surface area contributed by atoms with E-state index in [4.69, 9.17) is 29.0 Å². The molecule has 20 heavy (non-hydrogen) atoms. The third kappa shape index (κ3) is 3.53. The summed E-state index contributed by atoms with van der Waals surface area (Å²) in [5.41, 5.74) is -0.112. The summed E-state index contributed by atoms with van der Waals surface area (Å²) >= 11 is 11.2. The standard InChI is InChI=1S/C13H15ClN2O2S.Na/c1-13(2,18-3)6-16-7-15-8-4-5-9(19)11(14)10(8)12(16)17;/h4-5,7,19H,6H2,1-3H3;/q;+1/p-1. The van der Waals surface area contributed by atoms with Gasteiger partial charge in [-0.15, -0.1) is 0 Å². The van der Waals surface area contributed by atoms with Crippen molar-refractivity contribution in [1.82, 2.24) is 9.55 Å². The van der Waals surface area contributed by atoms with Crippen LogP contribution in [0.2, 0.25) is 5.02 Å². The van der Waals surface area contributed by atoms with E-state index in [1.54, 1.807) is 19.2 Å². The maximum Gasteiger partial charge on any atom is 1.00 e. The first kappa shape index (κ1) is 17.9. The van der Waals surface area contributed by atoms with Crippen LogP contribution in [0.15, 0.2) is 28.2 Å². The second-order valence-corrected chi connectivity index (χ2v) is 5.73. The summed E-state index contributed by atoms with van der Waals surface area (Å²) in [7, 11) is 1.60. The molecule has 0 spiro atoms. The second kappa shape index (κ2) is 6.73. The molecule has 102 valence electrons. The Morgan fingerprint density at radius 3 is 2.70 bits per heavy atom. The van der Waals surface area contributed by atoms with Crippen LogP contribution in [0.1, 0.15) is 13.8 Å². The first-order valence-electron chi connectivity index (χ1n) is 5.75. The Labute approximate surface area is 150 Å². The van der Waals surface area contributed by atoms with Crippen LogP contribution in [-0.2, 0) is 23.9 Å². The van der Waals surface area contributed by atoms with Crippen molar-refractivity contribution in [2.24, 2.45) is 0 Å². The van der Waals surface area contributed by atoms with E-state index in [1.807, 2.05) is 13.8 Å². The summed E-state index contributed by atoms with van der Waals surface area (Å²) < 4.78 is 6.81. The molecule has 7 heteroatoms. The Morgan fingerprint density at radius 2 is 2.10 bits per heavy atom. The average Bonchev–Trinajstić information content (AvgIpc) is 2.37. The zero-order chi connectivity index (χ0) is 14.2. The smallest absolute Gasteiger partial charge is 0.778 e. The first-order valence-corrected chi connectivity index (χ1v) is 6.54. The molecule has 0 aliphatic heterocycles. The number of hydrogen-bond donors (Lipinski definition) is 0. The van der Waals surface area contributed by atoms with E-state index in [0.29, 0.717) is 22.3 Å². The van der Waals surface area contributed by atoms with E-state index in [2.05, 4.69) is 4.98 Å². The molecule has 0 saturated carbocycles. The Bertz CT molecular complexity index is 688. The van der Waals surface area contributed by atoms with Crippen LogP contribution in [-0.4, -0.2) is 22.3 Å². The molecule has 0 bridgehead atoms. The summed E-state index contributed by atoms with van der Waals surface area (Å²) in [6.45, 7) is 4.19. The molecule has 1 aromatic carbocycles. The van der Waals surface area contributed by atoms with Gasteiger partial charge in [-0.3, -0.25) is 9.36 Å². The summed E-state index contributed by atoms with van der Waals surface area (Å²) in [5.74, 6) is 0. The van der Waals surface area contributed by atoms with Crippen molar-refractivity contribution in [1.29, 1.82) is 0 Å². The molecule has 1 aromatic heterocycles. The third-order valence-corrected chi connectivity index (χ3v) is 3.84. The van der Waals surface area contributed by atoms with E-state index in [1.165, 1.54) is 10.9 Å². The van der Waals surface area contributed by atoms with Gasteiger partial charge in [-0.05, 0) is 19.9 Å². The van der Waals surface area contributed by atoms with Crippen LogP contribution >= 0.6 is 11.6 Å². The number of ether oxygens (including phenoxy) is 1. The van der Waals surface area contributed by atoms with Gasteiger partial charge >= 0.3 is 29.6 Å². The minimum atomic E-state index is -0.461. The number of benzene rings is 1. The largest absolute Gasteiger partial charge is 1.00 e. The zero-order valence-corrected chi connectivity index (χ0v) is 15.5. The van der Waals surface area contributed by atoms with Gasteiger partial charge in [-0.2, -0.15) is 4.90 Å². The van der Waals surface area contributed by atoms with E-state index in [-0.39, 0.29) is 40.1 Å². The molecule has 2 rings (SSSR count). The van der Waals surface area contributed by atoms with Crippen molar-refractivity contribution < 1.29 is 34.3 Å². The average molecular weight is 321 g/mol. The van der Waals surface area contributed by atoms with Gasteiger partial charge in [0.25, 0.3) is 5.56 Å². The van der Waals surface area contributed by atoms with Crippen LogP contribution in [0.3, 0.4) is 0 Å². The van der Waals surface area contributed by atoms with E-state index in [9.17, 15) is 4.79 Å². The summed E-state index contributed by atoms with van der Waals surface area (Å²) in [6, 6.07) is 3.38. The molecule has 0 amide bonds. The maximum atomic E-state index is 12.4. The normalized spacial score (nSPS) is 11.4. The van der Waals surface area contributed by atoms with Crippen LogP contribution in [0.5, 0.6) is 0 Å². The van der Waals surface area contributed by atoms with Crippen molar-refractivity contribution in [2.45, 2.75) is 30.9 Å². The molecule has 1 heterocycles. The maximum absolute atomic E-state index is 12.4. The SMILES string of the molecule is COC(C)(C)Cn1cnc2ccc([S-])c(Cl)c2c1=O.[Na+]. The van der Waals surface area contributed by atoms with E-state index in [0.717, 1.165) is 0 Å². The van der Waals surface area contributed by atoms with Gasteiger partial charge in [0.2, 0.25) is 0 Å². The van der Waals surface area contributed by atoms with Gasteiger partial charge in [-0.25, -0.2) is 4.98 Å². The Kier molecular flexibility index (Phi) is 6.01. The number of aromatic nitrogens is 2. The number of fused-ring (bicyclic) bond motifs is 1. The van der Waals surface area contributed by atoms with E-state index >= 15 is 0 Å². The number of halogens is 1.